The minimum absolute atomic E-state index is 0.00807. The molecule has 24 heavy (non-hydrogen) atoms. The van der Waals surface area contributed by atoms with Crippen LogP contribution in [0.1, 0.15) is 22.9 Å². The molecule has 0 spiro atoms. The Balaban J connectivity index is 1.29. The summed E-state index contributed by atoms with van der Waals surface area (Å²) in [7, 11) is 0. The van der Waals surface area contributed by atoms with E-state index < -0.39 is 0 Å². The quantitative estimate of drug-likeness (QED) is 0.929. The first kappa shape index (κ1) is 15.7. The van der Waals surface area contributed by atoms with Crippen LogP contribution in [0.25, 0.3) is 0 Å². The maximum absolute atomic E-state index is 12.4. The maximum atomic E-state index is 12.4. The van der Waals surface area contributed by atoms with Crippen molar-refractivity contribution in [2.24, 2.45) is 0 Å². The van der Waals surface area contributed by atoms with Crippen LogP contribution in [-0.2, 0) is 24.2 Å². The van der Waals surface area contributed by atoms with Crippen molar-refractivity contribution in [3.05, 3.63) is 51.7 Å². The largest absolute Gasteiger partial charge is 0.480 e. The van der Waals surface area contributed by atoms with Gasteiger partial charge in [0.1, 0.15) is 5.75 Å². The molecule has 0 radical (unpaired) electrons. The van der Waals surface area contributed by atoms with Gasteiger partial charge in [-0.05, 0) is 42.0 Å². The summed E-state index contributed by atoms with van der Waals surface area (Å²) in [5, 5.41) is 5.25. The lowest BCUT2D eigenvalue weighted by molar-refractivity contribution is -0.127. The molecule has 4 nitrogen and oxygen atoms in total. The van der Waals surface area contributed by atoms with Gasteiger partial charge in [0.25, 0.3) is 5.91 Å². The zero-order chi connectivity index (χ0) is 16.5. The van der Waals surface area contributed by atoms with Crippen molar-refractivity contribution >= 4 is 17.2 Å². The fourth-order valence-electron chi connectivity index (χ4n) is 3.47. The van der Waals surface area contributed by atoms with E-state index in [4.69, 9.17) is 4.74 Å². The van der Waals surface area contributed by atoms with Crippen molar-refractivity contribution < 1.29 is 9.53 Å². The normalized spacial score (nSPS) is 20.8. The molecular formula is C19H22N2O2S. The van der Waals surface area contributed by atoms with Crippen LogP contribution in [0.5, 0.6) is 5.75 Å². The molecule has 0 saturated carbocycles. The Hall–Kier alpha value is -1.85. The predicted octanol–water partition coefficient (Wildman–Crippen LogP) is 2.61. The number of nitrogens with one attached hydrogen (secondary N) is 1. The third kappa shape index (κ3) is 3.06. The smallest absolute Gasteiger partial charge is 0.261 e. The Morgan fingerprint density at radius 3 is 3.12 bits per heavy atom. The summed E-state index contributed by atoms with van der Waals surface area (Å²) in [6.07, 6.45) is 1.39. The number of hydrogen-bond donors (Lipinski definition) is 1. The van der Waals surface area contributed by atoms with E-state index in [0.29, 0.717) is 19.0 Å². The number of nitrogens with zero attached hydrogens (tertiary/aromatic N) is 1. The third-order valence-corrected chi connectivity index (χ3v) is 5.99. The standard InChI is InChI=1S/C19H22N2O2S/c1-13(21-8-6-18-15(12-21)7-9-24-18)11-20-19(22)17-10-14-4-2-3-5-16(14)23-17/h2-5,7,9,13,17H,6,8,10-12H2,1H3,(H,20,22)/t13-,17+/m0/s1. The number of benzene rings is 1. The van der Waals surface area contributed by atoms with E-state index in [9.17, 15) is 4.79 Å². The molecule has 0 saturated heterocycles. The second-order valence-corrected chi connectivity index (χ2v) is 7.60. The van der Waals surface area contributed by atoms with Gasteiger partial charge in [-0.2, -0.15) is 0 Å². The van der Waals surface area contributed by atoms with Crippen molar-refractivity contribution in [2.75, 3.05) is 13.1 Å². The Kier molecular flexibility index (Phi) is 4.29. The van der Waals surface area contributed by atoms with Crippen molar-refractivity contribution in [1.82, 2.24) is 10.2 Å². The topological polar surface area (TPSA) is 41.6 Å². The Morgan fingerprint density at radius 2 is 2.25 bits per heavy atom. The number of para-hydroxylation sites is 1. The zero-order valence-electron chi connectivity index (χ0n) is 13.8. The number of hydrogen-bond acceptors (Lipinski definition) is 4. The molecule has 0 unspecified atom stereocenters. The Morgan fingerprint density at radius 1 is 1.38 bits per heavy atom. The van der Waals surface area contributed by atoms with E-state index in [2.05, 4.69) is 28.6 Å². The molecule has 4 rings (SSSR count). The van der Waals surface area contributed by atoms with Gasteiger partial charge in [0, 0.05) is 37.0 Å². The number of fused-ring (bicyclic) bond motifs is 2. The molecule has 1 aromatic heterocycles. The summed E-state index contributed by atoms with van der Waals surface area (Å²) >= 11 is 1.86. The van der Waals surface area contributed by atoms with Crippen LogP contribution in [0.4, 0.5) is 0 Å². The molecule has 1 amide bonds. The van der Waals surface area contributed by atoms with E-state index >= 15 is 0 Å². The summed E-state index contributed by atoms with van der Waals surface area (Å²) in [6, 6.07) is 10.4. The van der Waals surface area contributed by atoms with Gasteiger partial charge in [-0.1, -0.05) is 18.2 Å². The summed E-state index contributed by atoms with van der Waals surface area (Å²) in [4.78, 5) is 16.4. The molecule has 0 fully saturated rings. The second kappa shape index (κ2) is 6.57. The van der Waals surface area contributed by atoms with Crippen LogP contribution in [0, 0.1) is 0 Å². The molecule has 3 heterocycles. The SMILES string of the molecule is C[C@@H](CNC(=O)[C@H]1Cc2ccccc2O1)N1CCc2sccc2C1. The number of carbonyl (C=O) groups excluding carboxylic acids is 1. The molecule has 0 bridgehead atoms. The number of thiophene rings is 1. The van der Waals surface area contributed by atoms with Crippen molar-refractivity contribution in [2.45, 2.75) is 38.5 Å². The van der Waals surface area contributed by atoms with Gasteiger partial charge in [0.2, 0.25) is 0 Å². The molecule has 0 aliphatic carbocycles. The fourth-order valence-corrected chi connectivity index (χ4v) is 4.36. The van der Waals surface area contributed by atoms with E-state index in [1.807, 2.05) is 35.6 Å². The van der Waals surface area contributed by atoms with Crippen molar-refractivity contribution in [1.29, 1.82) is 0 Å². The molecule has 1 N–H and O–H groups in total. The highest BCUT2D eigenvalue weighted by Gasteiger charge is 2.29. The minimum Gasteiger partial charge on any atom is -0.480 e. The van der Waals surface area contributed by atoms with Crippen LogP contribution in [-0.4, -0.2) is 36.0 Å². The van der Waals surface area contributed by atoms with E-state index in [0.717, 1.165) is 30.8 Å². The van der Waals surface area contributed by atoms with E-state index in [1.165, 1.54) is 10.4 Å². The molecular weight excluding hydrogens is 320 g/mol. The average Bonchev–Trinajstić information content (AvgIpc) is 3.24. The molecule has 2 aromatic rings. The summed E-state index contributed by atoms with van der Waals surface area (Å²) in [5.74, 6) is 0.831. The fraction of sp³-hybridized carbons (Fsp3) is 0.421. The minimum atomic E-state index is -0.389. The Labute approximate surface area is 146 Å². The first-order chi connectivity index (χ1) is 11.7. The average molecular weight is 342 g/mol. The number of amides is 1. The second-order valence-electron chi connectivity index (χ2n) is 6.60. The van der Waals surface area contributed by atoms with Gasteiger partial charge in [-0.3, -0.25) is 9.69 Å². The first-order valence-corrected chi connectivity index (χ1v) is 9.40. The molecule has 2 aliphatic rings. The van der Waals surface area contributed by atoms with Crippen LogP contribution in [0.15, 0.2) is 35.7 Å². The van der Waals surface area contributed by atoms with Crippen LogP contribution in [0.2, 0.25) is 0 Å². The van der Waals surface area contributed by atoms with E-state index in [-0.39, 0.29) is 12.0 Å². The molecule has 5 heteroatoms. The summed E-state index contributed by atoms with van der Waals surface area (Å²) < 4.78 is 5.76. The number of rotatable bonds is 4. The predicted molar refractivity (Wildman–Crippen MR) is 95.5 cm³/mol. The molecule has 2 aliphatic heterocycles. The number of ether oxygens (including phenoxy) is 1. The third-order valence-electron chi connectivity index (χ3n) is 4.97. The van der Waals surface area contributed by atoms with Crippen LogP contribution < -0.4 is 10.1 Å². The van der Waals surface area contributed by atoms with Gasteiger partial charge in [0.15, 0.2) is 6.10 Å². The highest BCUT2D eigenvalue weighted by atomic mass is 32.1. The lowest BCUT2D eigenvalue weighted by Gasteiger charge is -2.32. The summed E-state index contributed by atoms with van der Waals surface area (Å²) in [6.45, 7) is 4.90. The lowest BCUT2D eigenvalue weighted by Crippen LogP contribution is -2.47. The highest BCUT2D eigenvalue weighted by Crippen LogP contribution is 2.28. The highest BCUT2D eigenvalue weighted by molar-refractivity contribution is 7.10. The molecule has 2 atom stereocenters. The monoisotopic (exact) mass is 342 g/mol. The molecule has 126 valence electrons. The van der Waals surface area contributed by atoms with Gasteiger partial charge in [-0.25, -0.2) is 0 Å². The van der Waals surface area contributed by atoms with Crippen LogP contribution in [0.3, 0.4) is 0 Å². The zero-order valence-corrected chi connectivity index (χ0v) is 14.6. The Bertz CT molecular complexity index is 717. The number of carbonyl (C=O) groups is 1. The van der Waals surface area contributed by atoms with Crippen molar-refractivity contribution in [3.8, 4) is 5.75 Å². The van der Waals surface area contributed by atoms with Crippen molar-refractivity contribution in [3.63, 3.8) is 0 Å². The van der Waals surface area contributed by atoms with Gasteiger partial charge in [-0.15, -0.1) is 11.3 Å². The van der Waals surface area contributed by atoms with Gasteiger partial charge >= 0.3 is 0 Å². The van der Waals surface area contributed by atoms with Gasteiger partial charge in [0.05, 0.1) is 0 Å². The summed E-state index contributed by atoms with van der Waals surface area (Å²) in [5.41, 5.74) is 2.56. The molecule has 1 aromatic carbocycles. The first-order valence-electron chi connectivity index (χ1n) is 8.52. The lowest BCUT2D eigenvalue weighted by atomic mass is 10.1. The van der Waals surface area contributed by atoms with Gasteiger partial charge < -0.3 is 10.1 Å². The van der Waals surface area contributed by atoms with Crippen LogP contribution >= 0.6 is 11.3 Å². The van der Waals surface area contributed by atoms with E-state index in [1.54, 1.807) is 0 Å². The maximum Gasteiger partial charge on any atom is 0.261 e.